The molecule has 0 bridgehead atoms. The van der Waals surface area contributed by atoms with Gasteiger partial charge in [0, 0.05) is 18.6 Å². The molecule has 0 amide bonds. The fraction of sp³-hybridized carbons (Fsp3) is 0.300. The second-order valence-electron chi connectivity index (χ2n) is 3.31. The smallest absolute Gasteiger partial charge is 0.256 e. The van der Waals surface area contributed by atoms with E-state index in [-0.39, 0.29) is 5.56 Å². The lowest BCUT2D eigenvalue weighted by atomic mass is 10.2. The predicted octanol–water partition coefficient (Wildman–Crippen LogP) is 1.75. The lowest BCUT2D eigenvalue weighted by Crippen LogP contribution is -2.17. The maximum Gasteiger partial charge on any atom is 0.256 e. The Morgan fingerprint density at radius 3 is 2.77 bits per heavy atom. The monoisotopic (exact) mass is 177 g/mol. The van der Waals surface area contributed by atoms with Gasteiger partial charge in [-0.05, 0) is 19.9 Å². The van der Waals surface area contributed by atoms with Crippen LogP contribution in [0, 0.1) is 13.8 Å². The largest absolute Gasteiger partial charge is 0.461 e. The average Bonchev–Trinajstić information content (AvgIpc) is 2.42. The number of aromatic nitrogens is 1. The molecule has 3 nitrogen and oxygen atoms in total. The lowest BCUT2D eigenvalue weighted by Gasteiger charge is -1.98. The van der Waals surface area contributed by atoms with Crippen molar-refractivity contribution in [3.63, 3.8) is 0 Å². The molecule has 0 aromatic carbocycles. The van der Waals surface area contributed by atoms with Crippen molar-refractivity contribution in [2.24, 2.45) is 7.05 Å². The Morgan fingerprint density at radius 2 is 2.08 bits per heavy atom. The maximum atomic E-state index is 11.5. The molecule has 68 valence electrons. The van der Waals surface area contributed by atoms with Gasteiger partial charge in [0.05, 0.1) is 5.56 Å². The van der Waals surface area contributed by atoms with Crippen molar-refractivity contribution in [2.45, 2.75) is 13.8 Å². The fourth-order valence-corrected chi connectivity index (χ4v) is 1.55. The number of hydrogen-bond acceptors (Lipinski definition) is 2. The predicted molar refractivity (Wildman–Crippen MR) is 50.9 cm³/mol. The molecule has 2 heterocycles. The Morgan fingerprint density at radius 1 is 1.38 bits per heavy atom. The summed E-state index contributed by atoms with van der Waals surface area (Å²) in [6.07, 6.45) is 1.79. The summed E-state index contributed by atoms with van der Waals surface area (Å²) in [5.41, 5.74) is 1.38. The molecule has 0 saturated heterocycles. The van der Waals surface area contributed by atoms with Crippen LogP contribution in [0.1, 0.15) is 11.3 Å². The van der Waals surface area contributed by atoms with Gasteiger partial charge in [-0.15, -0.1) is 0 Å². The van der Waals surface area contributed by atoms with Crippen LogP contribution in [0.3, 0.4) is 0 Å². The van der Waals surface area contributed by atoms with Crippen molar-refractivity contribution in [1.29, 1.82) is 0 Å². The van der Waals surface area contributed by atoms with Crippen LogP contribution in [-0.4, -0.2) is 4.57 Å². The summed E-state index contributed by atoms with van der Waals surface area (Å²) in [6.45, 7) is 3.66. The molecular weight excluding hydrogens is 166 g/mol. The molecule has 0 fully saturated rings. The van der Waals surface area contributed by atoms with Gasteiger partial charge < -0.3 is 8.98 Å². The SMILES string of the molecule is Cc1cc2cn(C)c(=O)c(C)c2o1. The molecule has 0 radical (unpaired) electrons. The number of pyridine rings is 1. The molecule has 0 aliphatic heterocycles. The van der Waals surface area contributed by atoms with E-state index in [0.29, 0.717) is 11.1 Å². The van der Waals surface area contributed by atoms with Crippen molar-refractivity contribution >= 4 is 11.0 Å². The molecule has 0 spiro atoms. The number of rotatable bonds is 0. The molecule has 0 saturated carbocycles. The van der Waals surface area contributed by atoms with Crippen molar-refractivity contribution in [3.05, 3.63) is 33.9 Å². The number of hydrogen-bond donors (Lipinski definition) is 0. The first-order valence-electron chi connectivity index (χ1n) is 4.16. The van der Waals surface area contributed by atoms with Gasteiger partial charge in [0.25, 0.3) is 5.56 Å². The molecule has 2 rings (SSSR count). The minimum absolute atomic E-state index is 0.00171. The second kappa shape index (κ2) is 2.49. The van der Waals surface area contributed by atoms with Gasteiger partial charge in [-0.1, -0.05) is 0 Å². The fourth-order valence-electron chi connectivity index (χ4n) is 1.55. The summed E-state index contributed by atoms with van der Waals surface area (Å²) in [5.74, 6) is 0.837. The van der Waals surface area contributed by atoms with Crippen LogP contribution in [0.25, 0.3) is 11.0 Å². The second-order valence-corrected chi connectivity index (χ2v) is 3.31. The first kappa shape index (κ1) is 8.10. The van der Waals surface area contributed by atoms with E-state index in [1.807, 2.05) is 13.0 Å². The van der Waals surface area contributed by atoms with E-state index in [1.165, 1.54) is 0 Å². The number of furan rings is 1. The Bertz CT molecular complexity index is 519. The van der Waals surface area contributed by atoms with Crippen LogP contribution < -0.4 is 5.56 Å². The van der Waals surface area contributed by atoms with Crippen LogP contribution in [0.15, 0.2) is 21.5 Å². The van der Waals surface area contributed by atoms with E-state index in [2.05, 4.69) is 0 Å². The zero-order valence-electron chi connectivity index (χ0n) is 7.92. The first-order chi connectivity index (χ1) is 6.09. The van der Waals surface area contributed by atoms with Crippen molar-refractivity contribution in [1.82, 2.24) is 4.57 Å². The third-order valence-electron chi connectivity index (χ3n) is 2.20. The Labute approximate surface area is 75.6 Å². The number of aryl methyl sites for hydroxylation is 3. The van der Waals surface area contributed by atoms with Crippen LogP contribution in [0.5, 0.6) is 0 Å². The van der Waals surface area contributed by atoms with Gasteiger partial charge in [-0.2, -0.15) is 0 Å². The minimum Gasteiger partial charge on any atom is -0.461 e. The van der Waals surface area contributed by atoms with Gasteiger partial charge in [0.1, 0.15) is 11.3 Å². The standard InChI is InChI=1S/C10H11NO2/c1-6-4-8-5-11(3)10(12)7(2)9(8)13-6/h4-5H,1-3H3. The zero-order valence-corrected chi connectivity index (χ0v) is 7.92. The summed E-state index contributed by atoms with van der Waals surface area (Å²) >= 11 is 0. The highest BCUT2D eigenvalue weighted by molar-refractivity contribution is 5.79. The molecule has 3 heteroatoms. The van der Waals surface area contributed by atoms with E-state index in [4.69, 9.17) is 4.42 Å². The van der Waals surface area contributed by atoms with E-state index in [1.54, 1.807) is 24.7 Å². The lowest BCUT2D eigenvalue weighted by molar-refractivity contribution is 0.574. The highest BCUT2D eigenvalue weighted by Crippen LogP contribution is 2.19. The van der Waals surface area contributed by atoms with E-state index in [0.717, 1.165) is 11.1 Å². The van der Waals surface area contributed by atoms with Crippen LogP contribution in [-0.2, 0) is 7.05 Å². The third-order valence-corrected chi connectivity index (χ3v) is 2.20. The summed E-state index contributed by atoms with van der Waals surface area (Å²) < 4.78 is 7.00. The molecule has 13 heavy (non-hydrogen) atoms. The van der Waals surface area contributed by atoms with E-state index in [9.17, 15) is 4.79 Å². The molecule has 2 aromatic rings. The molecule has 0 aliphatic carbocycles. The highest BCUT2D eigenvalue weighted by Gasteiger charge is 2.07. The minimum atomic E-state index is 0.00171. The van der Waals surface area contributed by atoms with Crippen LogP contribution in [0.4, 0.5) is 0 Å². The first-order valence-corrected chi connectivity index (χ1v) is 4.16. The summed E-state index contributed by atoms with van der Waals surface area (Å²) in [5, 5.41) is 0.983. The van der Waals surface area contributed by atoms with Crippen LogP contribution >= 0.6 is 0 Å². The summed E-state index contributed by atoms with van der Waals surface area (Å²) in [6, 6.07) is 1.93. The normalized spacial score (nSPS) is 11.0. The molecule has 2 aromatic heterocycles. The molecule has 0 atom stereocenters. The molecule has 0 unspecified atom stereocenters. The number of nitrogens with zero attached hydrogens (tertiary/aromatic N) is 1. The van der Waals surface area contributed by atoms with Gasteiger partial charge >= 0.3 is 0 Å². The molecule has 0 aliphatic rings. The van der Waals surface area contributed by atoms with E-state index < -0.39 is 0 Å². The molecular formula is C10H11NO2. The number of fused-ring (bicyclic) bond motifs is 1. The van der Waals surface area contributed by atoms with Gasteiger partial charge in [-0.25, -0.2) is 0 Å². The van der Waals surface area contributed by atoms with Gasteiger partial charge in [0.2, 0.25) is 0 Å². The Balaban J connectivity index is 3.01. The zero-order chi connectivity index (χ0) is 9.59. The van der Waals surface area contributed by atoms with Gasteiger partial charge in [-0.3, -0.25) is 4.79 Å². The molecule has 0 N–H and O–H groups in total. The van der Waals surface area contributed by atoms with Crippen molar-refractivity contribution < 1.29 is 4.42 Å². The Kier molecular flexibility index (Phi) is 1.55. The topological polar surface area (TPSA) is 35.1 Å². The quantitative estimate of drug-likeness (QED) is 0.614. The summed E-state index contributed by atoms with van der Waals surface area (Å²) in [7, 11) is 1.75. The van der Waals surface area contributed by atoms with E-state index >= 15 is 0 Å². The Hall–Kier alpha value is -1.51. The maximum absolute atomic E-state index is 11.5. The van der Waals surface area contributed by atoms with Crippen molar-refractivity contribution in [2.75, 3.05) is 0 Å². The van der Waals surface area contributed by atoms with Crippen molar-refractivity contribution in [3.8, 4) is 0 Å². The van der Waals surface area contributed by atoms with Crippen LogP contribution in [0.2, 0.25) is 0 Å². The highest BCUT2D eigenvalue weighted by atomic mass is 16.3. The van der Waals surface area contributed by atoms with Gasteiger partial charge in [0.15, 0.2) is 0 Å². The summed E-state index contributed by atoms with van der Waals surface area (Å²) in [4.78, 5) is 11.5. The average molecular weight is 177 g/mol. The third kappa shape index (κ3) is 1.08.